The van der Waals surface area contributed by atoms with E-state index < -0.39 is 0 Å². The predicted octanol–water partition coefficient (Wildman–Crippen LogP) is 3.16. The lowest BCUT2D eigenvalue weighted by Gasteiger charge is -2.24. The number of hydrogen-bond donors (Lipinski definition) is 0. The Morgan fingerprint density at radius 2 is 1.85 bits per heavy atom. The van der Waals surface area contributed by atoms with Crippen molar-refractivity contribution < 1.29 is 23.8 Å². The summed E-state index contributed by atoms with van der Waals surface area (Å²) in [5.41, 5.74) is 0.905. The molecule has 0 fully saturated rings. The number of rotatable bonds is 12. The summed E-state index contributed by atoms with van der Waals surface area (Å²) in [4.78, 5) is 26.0. The maximum absolute atomic E-state index is 12.6. The molecule has 0 saturated heterocycles. The Balaban J connectivity index is 2.73. The molecule has 0 aliphatic rings. The molecule has 6 nitrogen and oxygen atoms in total. The first kappa shape index (κ1) is 22.7. The van der Waals surface area contributed by atoms with E-state index in [0.717, 1.165) is 11.3 Å². The molecule has 0 aliphatic heterocycles. The lowest BCUT2D eigenvalue weighted by molar-refractivity contribution is -0.146. The molecule has 1 atom stereocenters. The zero-order chi connectivity index (χ0) is 20.1. The first-order valence-corrected chi connectivity index (χ1v) is 9.37. The van der Waals surface area contributed by atoms with Gasteiger partial charge in [-0.3, -0.25) is 9.59 Å². The molecule has 1 aromatic rings. The quantitative estimate of drug-likeness (QED) is 0.318. The lowest BCUT2D eigenvalue weighted by Crippen LogP contribution is -2.37. The normalized spacial score (nSPS) is 12.0. The van der Waals surface area contributed by atoms with Crippen molar-refractivity contribution in [1.29, 1.82) is 0 Å². The van der Waals surface area contributed by atoms with Crippen molar-refractivity contribution in [3.63, 3.8) is 0 Å². The summed E-state index contributed by atoms with van der Waals surface area (Å²) in [7, 11) is 1.35. The van der Waals surface area contributed by atoms with E-state index in [0.29, 0.717) is 39.3 Å². The molecule has 0 bridgehead atoms. The van der Waals surface area contributed by atoms with Crippen molar-refractivity contribution in [2.45, 2.75) is 27.2 Å². The van der Waals surface area contributed by atoms with Crippen molar-refractivity contribution in [2.24, 2.45) is 5.92 Å². The summed E-state index contributed by atoms with van der Waals surface area (Å²) < 4.78 is 15.5. The van der Waals surface area contributed by atoms with E-state index in [-0.39, 0.29) is 17.8 Å². The van der Waals surface area contributed by atoms with Gasteiger partial charge in [-0.05, 0) is 44.0 Å². The van der Waals surface area contributed by atoms with Crippen LogP contribution < -0.4 is 4.74 Å². The van der Waals surface area contributed by atoms with E-state index in [4.69, 9.17) is 14.2 Å². The minimum absolute atomic E-state index is 0.142. The third-order valence-corrected chi connectivity index (χ3v) is 3.94. The van der Waals surface area contributed by atoms with Crippen molar-refractivity contribution in [1.82, 2.24) is 4.90 Å². The molecule has 150 valence electrons. The average Bonchev–Trinajstić information content (AvgIpc) is 2.68. The largest absolute Gasteiger partial charge is 0.494 e. The highest BCUT2D eigenvalue weighted by Crippen LogP contribution is 2.13. The van der Waals surface area contributed by atoms with Crippen molar-refractivity contribution >= 4 is 18.0 Å². The van der Waals surface area contributed by atoms with Crippen LogP contribution in [0.15, 0.2) is 30.3 Å². The number of amides is 1. The van der Waals surface area contributed by atoms with Gasteiger partial charge in [-0.25, -0.2) is 0 Å². The highest BCUT2D eigenvalue weighted by atomic mass is 16.5. The van der Waals surface area contributed by atoms with Crippen LogP contribution in [0.2, 0.25) is 0 Å². The first-order chi connectivity index (χ1) is 13.0. The van der Waals surface area contributed by atoms with Crippen LogP contribution in [0.1, 0.15) is 32.8 Å². The fourth-order valence-electron chi connectivity index (χ4n) is 2.51. The van der Waals surface area contributed by atoms with Crippen molar-refractivity contribution in [2.75, 3.05) is 40.0 Å². The summed E-state index contributed by atoms with van der Waals surface area (Å²) in [6.07, 6.45) is 4.00. The van der Waals surface area contributed by atoms with Gasteiger partial charge in [0.2, 0.25) is 5.91 Å². The summed E-state index contributed by atoms with van der Waals surface area (Å²) in [6.45, 7) is 8.29. The van der Waals surface area contributed by atoms with E-state index in [1.165, 1.54) is 13.2 Å². The standard InChI is InChI=1S/C21H31NO5/c1-5-26-15-7-14-22(16-17(3)21(24)25-4)20(23)13-10-18-8-11-19(12-9-18)27-6-2/h8-13,17H,5-7,14-16H2,1-4H3/b13-10+. The molecular weight excluding hydrogens is 346 g/mol. The molecule has 0 radical (unpaired) electrons. The highest BCUT2D eigenvalue weighted by molar-refractivity contribution is 5.92. The van der Waals surface area contributed by atoms with Gasteiger partial charge in [0.05, 0.1) is 19.6 Å². The Morgan fingerprint density at radius 3 is 2.44 bits per heavy atom. The third kappa shape index (κ3) is 8.73. The fourth-order valence-corrected chi connectivity index (χ4v) is 2.51. The second-order valence-corrected chi connectivity index (χ2v) is 6.09. The predicted molar refractivity (Wildman–Crippen MR) is 106 cm³/mol. The molecule has 6 heteroatoms. The van der Waals surface area contributed by atoms with Crippen LogP contribution in [0, 0.1) is 5.92 Å². The highest BCUT2D eigenvalue weighted by Gasteiger charge is 2.20. The summed E-state index contributed by atoms with van der Waals surface area (Å²) in [5, 5.41) is 0. The van der Waals surface area contributed by atoms with Crippen LogP contribution in [0.3, 0.4) is 0 Å². The molecule has 0 heterocycles. The molecule has 27 heavy (non-hydrogen) atoms. The molecule has 0 aromatic heterocycles. The van der Waals surface area contributed by atoms with E-state index in [9.17, 15) is 9.59 Å². The Hall–Kier alpha value is -2.34. The maximum Gasteiger partial charge on any atom is 0.310 e. The van der Waals surface area contributed by atoms with Gasteiger partial charge in [-0.2, -0.15) is 0 Å². The minimum atomic E-state index is -0.384. The first-order valence-electron chi connectivity index (χ1n) is 9.37. The van der Waals surface area contributed by atoms with Crippen LogP contribution in [0.4, 0.5) is 0 Å². The molecule has 0 spiro atoms. The van der Waals surface area contributed by atoms with Gasteiger partial charge in [0.15, 0.2) is 0 Å². The average molecular weight is 377 g/mol. The Kier molecular flexibility index (Phi) is 10.9. The summed E-state index contributed by atoms with van der Waals surface area (Å²) >= 11 is 0. The molecule has 1 aromatic carbocycles. The SMILES string of the molecule is CCOCCCN(CC(C)C(=O)OC)C(=O)/C=C/c1ccc(OCC)cc1. The number of ether oxygens (including phenoxy) is 3. The fraction of sp³-hybridized carbons (Fsp3) is 0.524. The van der Waals surface area contributed by atoms with E-state index in [2.05, 4.69) is 0 Å². The number of esters is 1. The molecule has 0 saturated carbocycles. The second kappa shape index (κ2) is 12.9. The number of methoxy groups -OCH3 is 1. The Morgan fingerprint density at radius 1 is 1.15 bits per heavy atom. The monoisotopic (exact) mass is 377 g/mol. The molecule has 1 unspecified atom stereocenters. The van der Waals surface area contributed by atoms with Crippen LogP contribution in [-0.4, -0.2) is 56.8 Å². The Bertz CT molecular complexity index is 597. The molecule has 0 aliphatic carbocycles. The second-order valence-electron chi connectivity index (χ2n) is 6.09. The van der Waals surface area contributed by atoms with Gasteiger partial charge in [0.25, 0.3) is 0 Å². The topological polar surface area (TPSA) is 65.1 Å². The zero-order valence-corrected chi connectivity index (χ0v) is 16.8. The van der Waals surface area contributed by atoms with Crippen LogP contribution >= 0.6 is 0 Å². The molecular formula is C21H31NO5. The molecule has 1 rings (SSSR count). The van der Waals surface area contributed by atoms with Crippen LogP contribution in [-0.2, 0) is 19.1 Å². The zero-order valence-electron chi connectivity index (χ0n) is 16.8. The van der Waals surface area contributed by atoms with E-state index in [1.54, 1.807) is 17.9 Å². The lowest BCUT2D eigenvalue weighted by atomic mass is 10.1. The maximum atomic E-state index is 12.6. The number of carbonyl (C=O) groups excluding carboxylic acids is 2. The summed E-state index contributed by atoms with van der Waals surface area (Å²) in [6, 6.07) is 7.52. The van der Waals surface area contributed by atoms with Gasteiger partial charge in [-0.15, -0.1) is 0 Å². The number of hydrogen-bond acceptors (Lipinski definition) is 5. The van der Waals surface area contributed by atoms with Crippen LogP contribution in [0.25, 0.3) is 6.08 Å². The smallest absolute Gasteiger partial charge is 0.310 e. The van der Waals surface area contributed by atoms with Crippen LogP contribution in [0.5, 0.6) is 5.75 Å². The van der Waals surface area contributed by atoms with Gasteiger partial charge >= 0.3 is 5.97 Å². The Labute approximate surface area is 162 Å². The number of carbonyl (C=O) groups is 2. The summed E-state index contributed by atoms with van der Waals surface area (Å²) in [5.74, 6) is -0.0559. The number of nitrogens with zero attached hydrogens (tertiary/aromatic N) is 1. The van der Waals surface area contributed by atoms with E-state index >= 15 is 0 Å². The third-order valence-electron chi connectivity index (χ3n) is 3.94. The van der Waals surface area contributed by atoms with Gasteiger partial charge < -0.3 is 19.1 Å². The van der Waals surface area contributed by atoms with Gasteiger partial charge in [0, 0.05) is 32.4 Å². The van der Waals surface area contributed by atoms with Crippen molar-refractivity contribution in [3.8, 4) is 5.75 Å². The minimum Gasteiger partial charge on any atom is -0.494 e. The van der Waals surface area contributed by atoms with Gasteiger partial charge in [0.1, 0.15) is 5.75 Å². The molecule has 1 amide bonds. The van der Waals surface area contributed by atoms with Crippen molar-refractivity contribution in [3.05, 3.63) is 35.9 Å². The number of benzene rings is 1. The van der Waals surface area contributed by atoms with E-state index in [1.807, 2.05) is 38.1 Å². The van der Waals surface area contributed by atoms with Gasteiger partial charge in [-0.1, -0.05) is 19.1 Å². The molecule has 0 N–H and O–H groups in total.